The quantitative estimate of drug-likeness (QED) is 0.892. The van der Waals surface area contributed by atoms with Crippen LogP contribution >= 0.6 is 0 Å². The molecule has 0 bridgehead atoms. The Bertz CT molecular complexity index is 696. The summed E-state index contributed by atoms with van der Waals surface area (Å²) < 4.78 is 39.4. The summed E-state index contributed by atoms with van der Waals surface area (Å²) in [5.74, 6) is -0.317. The fourth-order valence-electron chi connectivity index (χ4n) is 2.03. The van der Waals surface area contributed by atoms with Gasteiger partial charge in [0, 0.05) is 6.54 Å². The van der Waals surface area contributed by atoms with E-state index in [0.717, 1.165) is 16.7 Å². The molecule has 0 aliphatic rings. The Balaban J connectivity index is 1.90. The molecule has 0 fully saturated rings. The fraction of sp³-hybridized carbons (Fsp3) is 0.250. The number of halogens is 1. The molecule has 2 aromatic carbocycles. The molecule has 0 amide bonds. The van der Waals surface area contributed by atoms with E-state index in [1.54, 1.807) is 12.1 Å². The van der Waals surface area contributed by atoms with Gasteiger partial charge >= 0.3 is 0 Å². The van der Waals surface area contributed by atoms with Crippen molar-refractivity contribution in [3.8, 4) is 0 Å². The highest BCUT2D eigenvalue weighted by molar-refractivity contribution is 7.88. The van der Waals surface area contributed by atoms with Crippen molar-refractivity contribution in [2.24, 2.45) is 0 Å². The van der Waals surface area contributed by atoms with Crippen LogP contribution in [0.25, 0.3) is 0 Å². The van der Waals surface area contributed by atoms with Gasteiger partial charge in [-0.3, -0.25) is 0 Å². The second-order valence-electron chi connectivity index (χ2n) is 4.96. The third kappa shape index (κ3) is 4.95. The molecule has 5 heteroatoms. The first-order valence-electron chi connectivity index (χ1n) is 6.72. The molecule has 1 N–H and O–H groups in total. The standard InChI is InChI=1S/C16H18FNO2S/c1-13-4-2-3-5-15(13)12-21(19,20)18-11-10-14-6-8-16(17)9-7-14/h2-9,18H,10-12H2,1H3. The van der Waals surface area contributed by atoms with Crippen LogP contribution in [0.3, 0.4) is 0 Å². The fourth-order valence-corrected chi connectivity index (χ4v) is 3.28. The summed E-state index contributed by atoms with van der Waals surface area (Å²) in [6.45, 7) is 2.20. The number of rotatable bonds is 6. The molecule has 2 aromatic rings. The van der Waals surface area contributed by atoms with Gasteiger partial charge < -0.3 is 0 Å². The molecular weight excluding hydrogens is 289 g/mol. The van der Waals surface area contributed by atoms with E-state index in [0.29, 0.717) is 13.0 Å². The summed E-state index contributed by atoms with van der Waals surface area (Å²) in [7, 11) is -3.36. The molecule has 112 valence electrons. The average Bonchev–Trinajstić information content (AvgIpc) is 2.43. The van der Waals surface area contributed by atoms with Crippen molar-refractivity contribution in [2.75, 3.05) is 6.54 Å². The monoisotopic (exact) mass is 307 g/mol. The molecule has 21 heavy (non-hydrogen) atoms. The zero-order valence-electron chi connectivity index (χ0n) is 11.8. The lowest BCUT2D eigenvalue weighted by Crippen LogP contribution is -2.27. The lowest BCUT2D eigenvalue weighted by Gasteiger charge is -2.09. The van der Waals surface area contributed by atoms with E-state index in [-0.39, 0.29) is 11.6 Å². The van der Waals surface area contributed by atoms with Gasteiger partial charge in [0.2, 0.25) is 10.0 Å². The van der Waals surface area contributed by atoms with E-state index in [9.17, 15) is 12.8 Å². The van der Waals surface area contributed by atoms with Crippen LogP contribution in [0, 0.1) is 12.7 Å². The number of benzene rings is 2. The van der Waals surface area contributed by atoms with E-state index < -0.39 is 10.0 Å². The second-order valence-corrected chi connectivity index (χ2v) is 6.76. The normalized spacial score (nSPS) is 11.5. The Morgan fingerprint density at radius 1 is 1.05 bits per heavy atom. The molecule has 0 aliphatic heterocycles. The number of hydrogen-bond acceptors (Lipinski definition) is 2. The Labute approximate surface area is 124 Å². The number of aryl methyl sites for hydroxylation is 1. The van der Waals surface area contributed by atoms with Crippen LogP contribution in [0.2, 0.25) is 0 Å². The van der Waals surface area contributed by atoms with Crippen LogP contribution in [-0.4, -0.2) is 15.0 Å². The third-order valence-corrected chi connectivity index (χ3v) is 4.59. The van der Waals surface area contributed by atoms with Gasteiger partial charge in [0.05, 0.1) is 5.75 Å². The summed E-state index contributed by atoms with van der Waals surface area (Å²) >= 11 is 0. The molecule has 0 aromatic heterocycles. The third-order valence-electron chi connectivity index (χ3n) is 3.26. The summed E-state index contributed by atoms with van der Waals surface area (Å²) in [6, 6.07) is 13.5. The van der Waals surface area contributed by atoms with Gasteiger partial charge in [0.1, 0.15) is 5.82 Å². The maximum atomic E-state index is 12.8. The van der Waals surface area contributed by atoms with Crippen molar-refractivity contribution in [3.63, 3.8) is 0 Å². The Morgan fingerprint density at radius 2 is 1.71 bits per heavy atom. The van der Waals surface area contributed by atoms with Crippen LogP contribution < -0.4 is 4.72 Å². The predicted octanol–water partition coefficient (Wildman–Crippen LogP) is 2.80. The first-order valence-corrected chi connectivity index (χ1v) is 8.38. The molecule has 0 radical (unpaired) electrons. The molecule has 0 heterocycles. The molecule has 0 spiro atoms. The first-order chi connectivity index (χ1) is 9.96. The van der Waals surface area contributed by atoms with Gasteiger partial charge in [-0.2, -0.15) is 0 Å². The van der Waals surface area contributed by atoms with Gasteiger partial charge in [-0.1, -0.05) is 36.4 Å². The second kappa shape index (κ2) is 6.83. The highest BCUT2D eigenvalue weighted by Crippen LogP contribution is 2.10. The van der Waals surface area contributed by atoms with Gasteiger partial charge in [-0.25, -0.2) is 17.5 Å². The van der Waals surface area contributed by atoms with E-state index in [2.05, 4.69) is 4.72 Å². The molecule has 0 unspecified atom stereocenters. The Hall–Kier alpha value is -1.72. The maximum absolute atomic E-state index is 12.8. The maximum Gasteiger partial charge on any atom is 0.215 e. The van der Waals surface area contributed by atoms with E-state index in [1.165, 1.54) is 12.1 Å². The molecule has 0 atom stereocenters. The molecule has 2 rings (SSSR count). The van der Waals surface area contributed by atoms with Gasteiger partial charge in [-0.05, 0) is 42.2 Å². The minimum atomic E-state index is -3.36. The summed E-state index contributed by atoms with van der Waals surface area (Å²) in [6.07, 6.45) is 0.535. The van der Waals surface area contributed by atoms with Crippen molar-refractivity contribution in [3.05, 3.63) is 71.0 Å². The van der Waals surface area contributed by atoms with Crippen molar-refractivity contribution in [1.82, 2.24) is 4.72 Å². The zero-order chi connectivity index (χ0) is 15.3. The average molecular weight is 307 g/mol. The summed E-state index contributed by atoms with van der Waals surface area (Å²) in [4.78, 5) is 0. The van der Waals surface area contributed by atoms with E-state index in [1.807, 2.05) is 31.2 Å². The van der Waals surface area contributed by atoms with Gasteiger partial charge in [0.15, 0.2) is 0 Å². The summed E-state index contributed by atoms with van der Waals surface area (Å²) in [5.41, 5.74) is 2.66. The topological polar surface area (TPSA) is 46.2 Å². The van der Waals surface area contributed by atoms with Crippen LogP contribution in [-0.2, 0) is 22.2 Å². The van der Waals surface area contributed by atoms with Crippen molar-refractivity contribution >= 4 is 10.0 Å². The minimum absolute atomic E-state index is 0.0247. The van der Waals surface area contributed by atoms with Gasteiger partial charge in [-0.15, -0.1) is 0 Å². The SMILES string of the molecule is Cc1ccccc1CS(=O)(=O)NCCc1ccc(F)cc1. The number of nitrogens with one attached hydrogen (secondary N) is 1. The number of sulfonamides is 1. The lowest BCUT2D eigenvalue weighted by molar-refractivity contribution is 0.580. The minimum Gasteiger partial charge on any atom is -0.215 e. The van der Waals surface area contributed by atoms with E-state index in [4.69, 9.17) is 0 Å². The van der Waals surface area contributed by atoms with Crippen LogP contribution in [0.5, 0.6) is 0 Å². The summed E-state index contributed by atoms with van der Waals surface area (Å²) in [5, 5.41) is 0. The number of hydrogen-bond donors (Lipinski definition) is 1. The Morgan fingerprint density at radius 3 is 2.38 bits per heavy atom. The van der Waals surface area contributed by atoms with Gasteiger partial charge in [0.25, 0.3) is 0 Å². The molecule has 3 nitrogen and oxygen atoms in total. The predicted molar refractivity (Wildman–Crippen MR) is 81.9 cm³/mol. The van der Waals surface area contributed by atoms with E-state index >= 15 is 0 Å². The first kappa shape index (κ1) is 15.7. The van der Waals surface area contributed by atoms with Crippen LogP contribution in [0.15, 0.2) is 48.5 Å². The molecule has 0 saturated heterocycles. The molecular formula is C16H18FNO2S. The zero-order valence-corrected chi connectivity index (χ0v) is 12.7. The molecule has 0 aliphatic carbocycles. The smallest absolute Gasteiger partial charge is 0.215 e. The molecule has 0 saturated carbocycles. The van der Waals surface area contributed by atoms with Crippen LogP contribution in [0.1, 0.15) is 16.7 Å². The Kier molecular flexibility index (Phi) is 5.09. The highest BCUT2D eigenvalue weighted by Gasteiger charge is 2.12. The van der Waals surface area contributed by atoms with Crippen molar-refractivity contribution < 1.29 is 12.8 Å². The van der Waals surface area contributed by atoms with Crippen LogP contribution in [0.4, 0.5) is 4.39 Å². The highest BCUT2D eigenvalue weighted by atomic mass is 32.2. The lowest BCUT2D eigenvalue weighted by atomic mass is 10.1. The van der Waals surface area contributed by atoms with Crippen molar-refractivity contribution in [2.45, 2.75) is 19.1 Å². The largest absolute Gasteiger partial charge is 0.215 e. The van der Waals surface area contributed by atoms with Crippen molar-refractivity contribution in [1.29, 1.82) is 0 Å².